The summed E-state index contributed by atoms with van der Waals surface area (Å²) in [6.45, 7) is 2.79. The highest BCUT2D eigenvalue weighted by Gasteiger charge is 2.05. The van der Waals surface area contributed by atoms with E-state index in [-0.39, 0.29) is 10.6 Å². The molecule has 3 aromatic rings. The van der Waals surface area contributed by atoms with Crippen molar-refractivity contribution in [2.45, 2.75) is 13.5 Å². The molecule has 0 atom stereocenters. The maximum absolute atomic E-state index is 10.6. The van der Waals surface area contributed by atoms with Crippen molar-refractivity contribution in [1.82, 2.24) is 4.57 Å². The molecule has 100 valence electrons. The van der Waals surface area contributed by atoms with Crippen LogP contribution in [0.4, 0.5) is 5.69 Å². The van der Waals surface area contributed by atoms with Crippen molar-refractivity contribution in [1.29, 1.82) is 0 Å². The van der Waals surface area contributed by atoms with Crippen LogP contribution in [0.2, 0.25) is 0 Å². The second-order valence-corrected chi connectivity index (χ2v) is 4.93. The lowest BCUT2D eigenvalue weighted by atomic mass is 10.2. The van der Waals surface area contributed by atoms with Gasteiger partial charge in [0.25, 0.3) is 5.69 Å². The molecule has 4 heteroatoms. The van der Waals surface area contributed by atoms with E-state index >= 15 is 0 Å². The Bertz CT molecular complexity index is 773. The van der Waals surface area contributed by atoms with Gasteiger partial charge in [-0.15, -0.1) is 0 Å². The molecule has 0 aliphatic carbocycles. The highest BCUT2D eigenvalue weighted by atomic mass is 16.6. The predicted octanol–water partition coefficient (Wildman–Crippen LogP) is 3.91. The SMILES string of the molecule is Cc1ccc2c(ccn2Cc2ccc([N+](=O)[O-])cc2)c1. The van der Waals surface area contributed by atoms with Gasteiger partial charge < -0.3 is 4.57 Å². The summed E-state index contributed by atoms with van der Waals surface area (Å²) in [5, 5.41) is 11.9. The van der Waals surface area contributed by atoms with Crippen molar-refractivity contribution in [3.8, 4) is 0 Å². The number of benzene rings is 2. The molecule has 0 spiro atoms. The van der Waals surface area contributed by atoms with Crippen molar-refractivity contribution in [2.24, 2.45) is 0 Å². The number of non-ortho nitro benzene ring substituents is 1. The Labute approximate surface area is 116 Å². The number of nitro benzene ring substituents is 1. The van der Waals surface area contributed by atoms with Crippen molar-refractivity contribution in [3.05, 3.63) is 76.0 Å². The third-order valence-electron chi connectivity index (χ3n) is 3.43. The fraction of sp³-hybridized carbons (Fsp3) is 0.125. The van der Waals surface area contributed by atoms with E-state index in [1.807, 2.05) is 6.20 Å². The van der Waals surface area contributed by atoms with Crippen molar-refractivity contribution in [2.75, 3.05) is 0 Å². The quantitative estimate of drug-likeness (QED) is 0.533. The van der Waals surface area contributed by atoms with E-state index in [2.05, 4.69) is 35.8 Å². The molecule has 4 nitrogen and oxygen atoms in total. The average Bonchev–Trinajstić information content (AvgIpc) is 2.81. The Hall–Kier alpha value is -2.62. The molecule has 0 aliphatic rings. The van der Waals surface area contributed by atoms with Crippen LogP contribution in [-0.4, -0.2) is 9.49 Å². The topological polar surface area (TPSA) is 48.1 Å². The minimum Gasteiger partial charge on any atom is -0.343 e. The Balaban J connectivity index is 1.91. The number of aromatic nitrogens is 1. The van der Waals surface area contributed by atoms with Crippen LogP contribution in [0.5, 0.6) is 0 Å². The summed E-state index contributed by atoms with van der Waals surface area (Å²) in [5.74, 6) is 0. The smallest absolute Gasteiger partial charge is 0.269 e. The Kier molecular flexibility index (Phi) is 2.99. The standard InChI is InChI=1S/C16H14N2O2/c1-12-2-7-16-14(10-12)8-9-17(16)11-13-3-5-15(6-4-13)18(19)20/h2-10H,11H2,1H3. The summed E-state index contributed by atoms with van der Waals surface area (Å²) in [5.41, 5.74) is 3.59. The summed E-state index contributed by atoms with van der Waals surface area (Å²) in [6, 6.07) is 15.1. The van der Waals surface area contributed by atoms with Crippen LogP contribution >= 0.6 is 0 Å². The minimum atomic E-state index is -0.377. The first-order valence-electron chi connectivity index (χ1n) is 6.42. The van der Waals surface area contributed by atoms with Crippen LogP contribution in [0.25, 0.3) is 10.9 Å². The second-order valence-electron chi connectivity index (χ2n) is 4.93. The number of rotatable bonds is 3. The molecule has 20 heavy (non-hydrogen) atoms. The molecule has 0 bridgehead atoms. The summed E-state index contributed by atoms with van der Waals surface area (Å²) in [7, 11) is 0. The van der Waals surface area contributed by atoms with Crippen LogP contribution < -0.4 is 0 Å². The van der Waals surface area contributed by atoms with E-state index in [0.717, 1.165) is 5.56 Å². The number of fused-ring (bicyclic) bond motifs is 1. The van der Waals surface area contributed by atoms with E-state index in [1.165, 1.54) is 16.5 Å². The molecule has 0 aliphatic heterocycles. The number of hydrogen-bond donors (Lipinski definition) is 0. The van der Waals surface area contributed by atoms with E-state index in [0.29, 0.717) is 6.54 Å². The van der Waals surface area contributed by atoms with Crippen LogP contribution in [0.15, 0.2) is 54.7 Å². The zero-order valence-electron chi connectivity index (χ0n) is 11.1. The van der Waals surface area contributed by atoms with E-state index in [4.69, 9.17) is 0 Å². The Morgan fingerprint density at radius 3 is 2.55 bits per heavy atom. The van der Waals surface area contributed by atoms with E-state index < -0.39 is 0 Å². The average molecular weight is 266 g/mol. The zero-order chi connectivity index (χ0) is 14.1. The monoisotopic (exact) mass is 266 g/mol. The summed E-state index contributed by atoms with van der Waals surface area (Å²) >= 11 is 0. The molecular weight excluding hydrogens is 252 g/mol. The van der Waals surface area contributed by atoms with Gasteiger partial charge in [-0.1, -0.05) is 23.8 Å². The van der Waals surface area contributed by atoms with Crippen LogP contribution in [0.1, 0.15) is 11.1 Å². The van der Waals surface area contributed by atoms with Gasteiger partial charge in [-0.3, -0.25) is 10.1 Å². The largest absolute Gasteiger partial charge is 0.343 e. The number of nitrogens with zero attached hydrogens (tertiary/aromatic N) is 2. The van der Waals surface area contributed by atoms with Gasteiger partial charge in [-0.05, 0) is 36.1 Å². The van der Waals surface area contributed by atoms with Gasteiger partial charge in [-0.25, -0.2) is 0 Å². The van der Waals surface area contributed by atoms with Gasteiger partial charge in [0, 0.05) is 30.4 Å². The van der Waals surface area contributed by atoms with Gasteiger partial charge >= 0.3 is 0 Å². The molecule has 0 unspecified atom stereocenters. The van der Waals surface area contributed by atoms with Gasteiger partial charge in [0.15, 0.2) is 0 Å². The molecule has 0 saturated heterocycles. The van der Waals surface area contributed by atoms with Gasteiger partial charge in [0.05, 0.1) is 4.92 Å². The summed E-state index contributed by atoms with van der Waals surface area (Å²) < 4.78 is 2.15. The Morgan fingerprint density at radius 1 is 1.10 bits per heavy atom. The molecule has 0 amide bonds. The van der Waals surface area contributed by atoms with E-state index in [9.17, 15) is 10.1 Å². The zero-order valence-corrected chi connectivity index (χ0v) is 11.1. The van der Waals surface area contributed by atoms with Gasteiger partial charge in [-0.2, -0.15) is 0 Å². The molecule has 2 aromatic carbocycles. The number of aryl methyl sites for hydroxylation is 1. The van der Waals surface area contributed by atoms with Crippen molar-refractivity contribution < 1.29 is 4.92 Å². The Morgan fingerprint density at radius 2 is 1.85 bits per heavy atom. The molecule has 0 saturated carbocycles. The number of hydrogen-bond acceptors (Lipinski definition) is 2. The fourth-order valence-corrected chi connectivity index (χ4v) is 2.38. The fourth-order valence-electron chi connectivity index (χ4n) is 2.38. The highest BCUT2D eigenvalue weighted by Crippen LogP contribution is 2.19. The lowest BCUT2D eigenvalue weighted by Gasteiger charge is -2.06. The summed E-state index contributed by atoms with van der Waals surface area (Å²) in [6.07, 6.45) is 2.05. The van der Waals surface area contributed by atoms with Crippen LogP contribution in [-0.2, 0) is 6.54 Å². The third kappa shape index (κ3) is 2.28. The maximum Gasteiger partial charge on any atom is 0.269 e. The third-order valence-corrected chi connectivity index (χ3v) is 3.43. The molecule has 0 radical (unpaired) electrons. The van der Waals surface area contributed by atoms with Crippen LogP contribution in [0.3, 0.4) is 0 Å². The summed E-state index contributed by atoms with van der Waals surface area (Å²) in [4.78, 5) is 10.3. The first-order valence-corrected chi connectivity index (χ1v) is 6.42. The van der Waals surface area contributed by atoms with Crippen LogP contribution in [0, 0.1) is 17.0 Å². The molecule has 1 aromatic heterocycles. The highest BCUT2D eigenvalue weighted by molar-refractivity contribution is 5.80. The minimum absolute atomic E-state index is 0.127. The lowest BCUT2D eigenvalue weighted by Crippen LogP contribution is -1.98. The molecule has 0 N–H and O–H groups in total. The lowest BCUT2D eigenvalue weighted by molar-refractivity contribution is -0.384. The van der Waals surface area contributed by atoms with Crippen molar-refractivity contribution >= 4 is 16.6 Å². The molecule has 3 rings (SSSR count). The molecular formula is C16H14N2O2. The van der Waals surface area contributed by atoms with Crippen molar-refractivity contribution in [3.63, 3.8) is 0 Å². The first kappa shape index (κ1) is 12.4. The second kappa shape index (κ2) is 4.81. The van der Waals surface area contributed by atoms with Gasteiger partial charge in [0.1, 0.15) is 0 Å². The predicted molar refractivity (Wildman–Crippen MR) is 78.9 cm³/mol. The molecule has 1 heterocycles. The first-order chi connectivity index (χ1) is 9.63. The number of nitro groups is 1. The normalized spacial score (nSPS) is 10.8. The molecule has 0 fully saturated rings. The van der Waals surface area contributed by atoms with E-state index in [1.54, 1.807) is 24.3 Å². The van der Waals surface area contributed by atoms with Gasteiger partial charge in [0.2, 0.25) is 0 Å². The maximum atomic E-state index is 10.6.